The lowest BCUT2D eigenvalue weighted by Gasteiger charge is -2.35. The van der Waals surface area contributed by atoms with Crippen LogP contribution in [0.4, 0.5) is 0 Å². The quantitative estimate of drug-likeness (QED) is 0.578. The molecule has 0 amide bonds. The van der Waals surface area contributed by atoms with Crippen LogP contribution in [0.15, 0.2) is 30.3 Å². The Morgan fingerprint density at radius 1 is 1.24 bits per heavy atom. The third-order valence-corrected chi connectivity index (χ3v) is 7.56. The predicted molar refractivity (Wildman–Crippen MR) is 127 cm³/mol. The van der Waals surface area contributed by atoms with Gasteiger partial charge in [0.1, 0.15) is 6.61 Å². The highest BCUT2D eigenvalue weighted by Gasteiger charge is 2.38. The monoisotopic (exact) mass is 477 g/mol. The number of hydrogen-bond donors (Lipinski definition) is 0. The molecule has 0 N–H and O–H groups in total. The van der Waals surface area contributed by atoms with E-state index in [1.54, 1.807) is 7.11 Å². The van der Waals surface area contributed by atoms with Gasteiger partial charge in [0.05, 0.1) is 24.0 Å². The van der Waals surface area contributed by atoms with Crippen molar-refractivity contribution in [3.05, 3.63) is 47.2 Å². The van der Waals surface area contributed by atoms with Gasteiger partial charge >= 0.3 is 0 Å². The number of sulfonamides is 1. The van der Waals surface area contributed by atoms with E-state index in [4.69, 9.17) is 14.6 Å². The summed E-state index contributed by atoms with van der Waals surface area (Å²) in [6.07, 6.45) is 1.88. The number of hydrogen-bond acceptors (Lipinski definition) is 6. The first-order valence-corrected chi connectivity index (χ1v) is 13.1. The third kappa shape index (κ3) is 5.65. The average Bonchev–Trinajstić information content (AvgIpc) is 3.07. The zero-order valence-electron chi connectivity index (χ0n) is 20.4. The molecule has 1 aromatic carbocycles. The fourth-order valence-corrected chi connectivity index (χ4v) is 5.35. The summed E-state index contributed by atoms with van der Waals surface area (Å²) in [5.41, 5.74) is 1.81. The number of ether oxygens (including phenoxy) is 2. The Bertz CT molecular complexity index is 1080. The fourth-order valence-electron chi connectivity index (χ4n) is 4.41. The Balaban J connectivity index is 1.96. The number of nitrogens with zero attached hydrogens (tertiary/aromatic N) is 3. The summed E-state index contributed by atoms with van der Waals surface area (Å²) < 4.78 is 38.3. The summed E-state index contributed by atoms with van der Waals surface area (Å²) in [4.78, 5) is 13.5. The Hall–Kier alpha value is -2.23. The molecule has 8 nitrogen and oxygen atoms in total. The Labute approximate surface area is 196 Å². The lowest BCUT2D eigenvalue weighted by atomic mass is 9.84. The van der Waals surface area contributed by atoms with Gasteiger partial charge in [-0.1, -0.05) is 37.3 Å². The number of piperidine rings is 1. The zero-order valence-corrected chi connectivity index (χ0v) is 21.2. The average molecular weight is 478 g/mol. The predicted octanol–water partition coefficient (Wildman–Crippen LogP) is 3.47. The minimum Gasteiger partial charge on any atom is -0.472 e. The second kappa shape index (κ2) is 9.95. The molecule has 182 valence electrons. The van der Waals surface area contributed by atoms with E-state index < -0.39 is 15.4 Å². The summed E-state index contributed by atoms with van der Waals surface area (Å²) in [5.74, 6) is 0.310. The highest BCUT2D eigenvalue weighted by Crippen LogP contribution is 2.38. The molecule has 1 aliphatic rings. The van der Waals surface area contributed by atoms with Gasteiger partial charge in [0.2, 0.25) is 15.9 Å². The molecule has 0 spiro atoms. The minimum atomic E-state index is -3.24. The molecule has 0 saturated carbocycles. The van der Waals surface area contributed by atoms with Gasteiger partial charge < -0.3 is 9.47 Å². The molecule has 2 heterocycles. The molecule has 1 fully saturated rings. The van der Waals surface area contributed by atoms with Crippen molar-refractivity contribution in [1.29, 1.82) is 0 Å². The van der Waals surface area contributed by atoms with Crippen molar-refractivity contribution in [3.63, 3.8) is 0 Å². The number of rotatable bonds is 8. The summed E-state index contributed by atoms with van der Waals surface area (Å²) in [6.45, 7) is 9.03. The molecule has 2 aromatic rings. The normalized spacial score (nSPS) is 20.1. The van der Waals surface area contributed by atoms with E-state index in [2.05, 4.69) is 0 Å². The van der Waals surface area contributed by atoms with E-state index in [-0.39, 0.29) is 24.3 Å². The van der Waals surface area contributed by atoms with Crippen molar-refractivity contribution in [2.75, 3.05) is 33.1 Å². The molecule has 0 bridgehead atoms. The molecule has 0 aliphatic carbocycles. The fraction of sp³-hybridized carbons (Fsp3) is 0.583. The molecule has 2 atom stereocenters. The van der Waals surface area contributed by atoms with E-state index >= 15 is 0 Å². The largest absolute Gasteiger partial charge is 0.472 e. The van der Waals surface area contributed by atoms with Crippen molar-refractivity contribution in [2.24, 2.45) is 11.3 Å². The van der Waals surface area contributed by atoms with Crippen LogP contribution in [0.2, 0.25) is 0 Å². The smallest absolute Gasteiger partial charge is 0.258 e. The van der Waals surface area contributed by atoms with Crippen LogP contribution < -0.4 is 4.74 Å². The standard InChI is InChI=1S/C24H35N3O5S/c1-17-14-26(33(6,29)30)13-12-20(17)21-18(2)22(32-15-19-10-8-7-9-11-19)27(25-21)23(28)24(3,4)16-31-5/h7-11,17,20H,12-16H2,1-6H3. The van der Waals surface area contributed by atoms with Gasteiger partial charge in [-0.3, -0.25) is 4.79 Å². The molecule has 1 aromatic heterocycles. The Morgan fingerprint density at radius 3 is 2.48 bits per heavy atom. The lowest BCUT2D eigenvalue weighted by molar-refractivity contribution is 0.0509. The second-order valence-corrected chi connectivity index (χ2v) is 11.6. The lowest BCUT2D eigenvalue weighted by Crippen LogP contribution is -2.41. The van der Waals surface area contributed by atoms with E-state index in [1.165, 1.54) is 15.2 Å². The van der Waals surface area contributed by atoms with E-state index in [1.807, 2.05) is 58.0 Å². The van der Waals surface area contributed by atoms with Crippen LogP contribution >= 0.6 is 0 Å². The zero-order chi connectivity index (χ0) is 24.4. The Morgan fingerprint density at radius 2 is 1.91 bits per heavy atom. The van der Waals surface area contributed by atoms with Crippen LogP contribution in [-0.4, -0.2) is 61.5 Å². The highest BCUT2D eigenvalue weighted by atomic mass is 32.2. The van der Waals surface area contributed by atoms with Gasteiger partial charge in [-0.15, -0.1) is 0 Å². The first kappa shape index (κ1) is 25.4. The summed E-state index contributed by atoms with van der Waals surface area (Å²) in [5, 5.41) is 4.75. The summed E-state index contributed by atoms with van der Waals surface area (Å²) >= 11 is 0. The number of methoxy groups -OCH3 is 1. The van der Waals surface area contributed by atoms with E-state index in [0.717, 1.165) is 16.8 Å². The molecular formula is C24H35N3O5S. The van der Waals surface area contributed by atoms with Crippen LogP contribution in [0.25, 0.3) is 0 Å². The van der Waals surface area contributed by atoms with Gasteiger partial charge in [0, 0.05) is 31.7 Å². The molecular weight excluding hydrogens is 442 g/mol. The summed E-state index contributed by atoms with van der Waals surface area (Å²) in [6, 6.07) is 9.77. The van der Waals surface area contributed by atoms with Crippen molar-refractivity contribution >= 4 is 15.9 Å². The van der Waals surface area contributed by atoms with Gasteiger partial charge in [0.15, 0.2) is 0 Å². The minimum absolute atomic E-state index is 0.0293. The van der Waals surface area contributed by atoms with Crippen LogP contribution in [0.3, 0.4) is 0 Å². The molecule has 0 radical (unpaired) electrons. The van der Waals surface area contributed by atoms with E-state index in [9.17, 15) is 13.2 Å². The van der Waals surface area contributed by atoms with E-state index in [0.29, 0.717) is 32.0 Å². The van der Waals surface area contributed by atoms with Crippen LogP contribution in [-0.2, 0) is 21.4 Å². The second-order valence-electron chi connectivity index (χ2n) is 9.62. The first-order valence-electron chi connectivity index (χ1n) is 11.2. The molecule has 3 rings (SSSR count). The summed E-state index contributed by atoms with van der Waals surface area (Å²) in [7, 11) is -1.67. The topological polar surface area (TPSA) is 90.7 Å². The Kier molecular flexibility index (Phi) is 7.65. The maximum absolute atomic E-state index is 13.5. The number of benzene rings is 1. The van der Waals surface area contributed by atoms with Crippen LogP contribution in [0.1, 0.15) is 54.7 Å². The van der Waals surface area contributed by atoms with Crippen LogP contribution in [0.5, 0.6) is 5.88 Å². The molecule has 1 aliphatic heterocycles. The highest BCUT2D eigenvalue weighted by molar-refractivity contribution is 7.88. The van der Waals surface area contributed by atoms with Gasteiger partial charge in [-0.2, -0.15) is 9.78 Å². The SMILES string of the molecule is COCC(C)(C)C(=O)n1nc(C2CCN(S(C)(=O)=O)CC2C)c(C)c1OCc1ccccc1. The number of carbonyl (C=O) groups excluding carboxylic acids is 1. The van der Waals surface area contributed by atoms with Crippen molar-refractivity contribution in [3.8, 4) is 5.88 Å². The van der Waals surface area contributed by atoms with Crippen molar-refractivity contribution < 1.29 is 22.7 Å². The molecule has 2 unspecified atom stereocenters. The van der Waals surface area contributed by atoms with Gasteiger partial charge in [0.25, 0.3) is 5.91 Å². The third-order valence-electron chi connectivity index (χ3n) is 6.29. The molecule has 9 heteroatoms. The molecule has 1 saturated heterocycles. The molecule has 33 heavy (non-hydrogen) atoms. The number of aromatic nitrogens is 2. The maximum Gasteiger partial charge on any atom is 0.258 e. The van der Waals surface area contributed by atoms with Gasteiger partial charge in [-0.05, 0) is 38.7 Å². The maximum atomic E-state index is 13.5. The van der Waals surface area contributed by atoms with Gasteiger partial charge in [-0.25, -0.2) is 12.7 Å². The van der Waals surface area contributed by atoms with Crippen molar-refractivity contribution in [1.82, 2.24) is 14.1 Å². The van der Waals surface area contributed by atoms with Crippen molar-refractivity contribution in [2.45, 2.75) is 46.6 Å². The van der Waals surface area contributed by atoms with Crippen LogP contribution in [0, 0.1) is 18.3 Å². The number of carbonyl (C=O) groups is 1. The first-order chi connectivity index (χ1) is 15.5.